The van der Waals surface area contributed by atoms with Crippen LogP contribution in [0.5, 0.6) is 0 Å². The normalized spacial score (nSPS) is 20.0. The molecule has 1 amide bonds. The van der Waals surface area contributed by atoms with Crippen LogP contribution in [0, 0.1) is 5.92 Å². The van der Waals surface area contributed by atoms with Crippen molar-refractivity contribution in [2.24, 2.45) is 5.92 Å². The molecule has 2 rings (SSSR count). The SMILES string of the molecule is Nc1cc(S(=O)(=O)O)ccc1N1CC(CCl)CC1=O. The first-order valence-electron chi connectivity index (χ1n) is 5.56. The molecule has 8 heteroatoms. The van der Waals surface area contributed by atoms with E-state index >= 15 is 0 Å². The molecule has 19 heavy (non-hydrogen) atoms. The highest BCUT2D eigenvalue weighted by atomic mass is 35.5. The summed E-state index contributed by atoms with van der Waals surface area (Å²) in [4.78, 5) is 13.0. The predicted octanol–water partition coefficient (Wildman–Crippen LogP) is 1.11. The molecule has 0 spiro atoms. The van der Waals surface area contributed by atoms with Gasteiger partial charge in [0, 0.05) is 18.8 Å². The third-order valence-corrected chi connectivity index (χ3v) is 4.30. The molecule has 0 radical (unpaired) electrons. The maximum Gasteiger partial charge on any atom is 0.294 e. The Morgan fingerprint density at radius 2 is 2.16 bits per heavy atom. The molecule has 0 bridgehead atoms. The summed E-state index contributed by atoms with van der Waals surface area (Å²) in [5.74, 6) is 0.345. The molecule has 0 aliphatic carbocycles. The van der Waals surface area contributed by atoms with Gasteiger partial charge >= 0.3 is 0 Å². The fourth-order valence-electron chi connectivity index (χ4n) is 2.06. The second-order valence-corrected chi connectivity index (χ2v) is 6.15. The van der Waals surface area contributed by atoms with E-state index in [1.165, 1.54) is 17.0 Å². The zero-order valence-electron chi connectivity index (χ0n) is 9.91. The fourth-order valence-corrected chi connectivity index (χ4v) is 2.78. The minimum Gasteiger partial charge on any atom is -0.397 e. The van der Waals surface area contributed by atoms with Crippen molar-refractivity contribution in [3.63, 3.8) is 0 Å². The molecule has 1 aromatic rings. The molecule has 0 aromatic heterocycles. The lowest BCUT2D eigenvalue weighted by atomic mass is 10.1. The van der Waals surface area contributed by atoms with E-state index in [1.54, 1.807) is 0 Å². The van der Waals surface area contributed by atoms with E-state index in [1.807, 2.05) is 0 Å². The minimum absolute atomic E-state index is 0.0646. The summed E-state index contributed by atoms with van der Waals surface area (Å²) >= 11 is 5.73. The number of alkyl halides is 1. The molecule has 1 aromatic carbocycles. The van der Waals surface area contributed by atoms with Gasteiger partial charge in [-0.25, -0.2) is 0 Å². The highest BCUT2D eigenvalue weighted by Crippen LogP contribution is 2.31. The van der Waals surface area contributed by atoms with Gasteiger partial charge < -0.3 is 10.6 Å². The van der Waals surface area contributed by atoms with Crippen molar-refractivity contribution in [2.75, 3.05) is 23.1 Å². The second-order valence-electron chi connectivity index (χ2n) is 4.42. The number of carbonyl (C=O) groups is 1. The number of benzene rings is 1. The molecule has 0 saturated carbocycles. The van der Waals surface area contributed by atoms with Gasteiger partial charge in [0.05, 0.1) is 16.3 Å². The molecule has 1 saturated heterocycles. The lowest BCUT2D eigenvalue weighted by molar-refractivity contribution is -0.117. The first-order valence-corrected chi connectivity index (χ1v) is 7.53. The molecular weight excluding hydrogens is 292 g/mol. The van der Waals surface area contributed by atoms with Gasteiger partial charge in [-0.2, -0.15) is 8.42 Å². The van der Waals surface area contributed by atoms with Crippen LogP contribution >= 0.6 is 11.6 Å². The van der Waals surface area contributed by atoms with Crippen LogP contribution in [0.15, 0.2) is 23.1 Å². The van der Waals surface area contributed by atoms with Crippen LogP contribution in [0.3, 0.4) is 0 Å². The van der Waals surface area contributed by atoms with Crippen molar-refractivity contribution in [1.82, 2.24) is 0 Å². The van der Waals surface area contributed by atoms with Crippen molar-refractivity contribution in [3.8, 4) is 0 Å². The third kappa shape index (κ3) is 2.83. The largest absolute Gasteiger partial charge is 0.397 e. The number of hydrogen-bond acceptors (Lipinski definition) is 4. The van der Waals surface area contributed by atoms with E-state index in [-0.39, 0.29) is 22.4 Å². The van der Waals surface area contributed by atoms with Crippen LogP contribution in [0.2, 0.25) is 0 Å². The Morgan fingerprint density at radius 3 is 2.63 bits per heavy atom. The average molecular weight is 305 g/mol. The molecule has 104 valence electrons. The Bertz CT molecular complexity index is 617. The monoisotopic (exact) mass is 304 g/mol. The van der Waals surface area contributed by atoms with E-state index in [0.717, 1.165) is 6.07 Å². The molecule has 1 fully saturated rings. The molecule has 1 aliphatic rings. The summed E-state index contributed by atoms with van der Waals surface area (Å²) in [5.41, 5.74) is 6.30. The van der Waals surface area contributed by atoms with Crippen LogP contribution in [-0.2, 0) is 14.9 Å². The average Bonchev–Trinajstić information content (AvgIpc) is 2.69. The summed E-state index contributed by atoms with van der Waals surface area (Å²) in [6.07, 6.45) is 0.350. The highest BCUT2D eigenvalue weighted by molar-refractivity contribution is 7.85. The molecule has 3 N–H and O–H groups in total. The summed E-state index contributed by atoms with van der Waals surface area (Å²) < 4.78 is 30.9. The maximum absolute atomic E-state index is 11.8. The Balaban J connectivity index is 2.35. The first-order chi connectivity index (χ1) is 8.82. The topological polar surface area (TPSA) is 101 Å². The van der Waals surface area contributed by atoms with Gasteiger partial charge in [0.25, 0.3) is 10.1 Å². The summed E-state index contributed by atoms with van der Waals surface area (Å²) in [6.45, 7) is 0.456. The maximum atomic E-state index is 11.8. The van der Waals surface area contributed by atoms with Gasteiger partial charge in [0.2, 0.25) is 5.91 Å². The summed E-state index contributed by atoms with van der Waals surface area (Å²) in [5, 5.41) is 0. The Labute approximate surface area is 115 Å². The van der Waals surface area contributed by atoms with Gasteiger partial charge in [-0.3, -0.25) is 9.35 Å². The second kappa shape index (κ2) is 4.99. The smallest absolute Gasteiger partial charge is 0.294 e. The van der Waals surface area contributed by atoms with E-state index in [2.05, 4.69) is 0 Å². The van der Waals surface area contributed by atoms with Crippen LogP contribution < -0.4 is 10.6 Å². The fraction of sp³-hybridized carbons (Fsp3) is 0.364. The van der Waals surface area contributed by atoms with Crippen LogP contribution in [0.1, 0.15) is 6.42 Å². The number of hydrogen-bond donors (Lipinski definition) is 2. The molecule has 6 nitrogen and oxygen atoms in total. The lowest BCUT2D eigenvalue weighted by Gasteiger charge is -2.18. The van der Waals surface area contributed by atoms with Gasteiger partial charge in [-0.1, -0.05) is 0 Å². The quantitative estimate of drug-likeness (QED) is 0.495. The van der Waals surface area contributed by atoms with E-state index < -0.39 is 10.1 Å². The zero-order chi connectivity index (χ0) is 14.2. The zero-order valence-corrected chi connectivity index (χ0v) is 11.5. The van der Waals surface area contributed by atoms with E-state index in [4.69, 9.17) is 21.9 Å². The third-order valence-electron chi connectivity index (χ3n) is 3.01. The van der Waals surface area contributed by atoms with Crippen molar-refractivity contribution in [1.29, 1.82) is 0 Å². The van der Waals surface area contributed by atoms with Gasteiger partial charge in [0.15, 0.2) is 0 Å². The van der Waals surface area contributed by atoms with Crippen LogP contribution in [0.4, 0.5) is 11.4 Å². The number of halogens is 1. The van der Waals surface area contributed by atoms with Gasteiger partial charge in [0.1, 0.15) is 0 Å². The van der Waals surface area contributed by atoms with Crippen molar-refractivity contribution in [2.45, 2.75) is 11.3 Å². The standard InChI is InChI=1S/C11H13ClN2O4S/c12-5-7-3-11(15)14(6-7)10-2-1-8(4-9(10)13)19(16,17)18/h1-2,4,7H,3,5-6,13H2,(H,16,17,18). The molecule has 1 aliphatic heterocycles. The van der Waals surface area contributed by atoms with E-state index in [0.29, 0.717) is 24.5 Å². The van der Waals surface area contributed by atoms with Crippen LogP contribution in [-0.4, -0.2) is 31.3 Å². The molecular formula is C11H13ClN2O4S. The van der Waals surface area contributed by atoms with Crippen molar-refractivity contribution in [3.05, 3.63) is 18.2 Å². The van der Waals surface area contributed by atoms with Crippen molar-refractivity contribution < 1.29 is 17.8 Å². The first kappa shape index (κ1) is 14.1. The number of anilines is 2. The van der Waals surface area contributed by atoms with Gasteiger partial charge in [-0.15, -0.1) is 11.6 Å². The molecule has 1 unspecified atom stereocenters. The number of amides is 1. The molecule has 1 heterocycles. The summed E-state index contributed by atoms with van der Waals surface area (Å²) in [7, 11) is -4.30. The highest BCUT2D eigenvalue weighted by Gasteiger charge is 2.31. The van der Waals surface area contributed by atoms with Crippen LogP contribution in [0.25, 0.3) is 0 Å². The molecule has 1 atom stereocenters. The predicted molar refractivity (Wildman–Crippen MR) is 71.8 cm³/mol. The number of rotatable bonds is 3. The number of nitrogens with zero attached hydrogens (tertiary/aromatic N) is 1. The van der Waals surface area contributed by atoms with Crippen molar-refractivity contribution >= 4 is 39.0 Å². The van der Waals surface area contributed by atoms with Gasteiger partial charge in [-0.05, 0) is 24.1 Å². The Kier molecular flexibility index (Phi) is 3.71. The van der Waals surface area contributed by atoms with E-state index in [9.17, 15) is 13.2 Å². The Morgan fingerprint density at radius 1 is 1.47 bits per heavy atom. The number of nitrogens with two attached hydrogens (primary N) is 1. The number of nitrogen functional groups attached to an aromatic ring is 1. The summed E-state index contributed by atoms with van der Waals surface area (Å²) in [6, 6.07) is 3.75. The Hall–Kier alpha value is -1.31. The number of carbonyl (C=O) groups excluding carboxylic acids is 1. The minimum atomic E-state index is -4.30. The lowest BCUT2D eigenvalue weighted by Crippen LogP contribution is -2.25.